The van der Waals surface area contributed by atoms with E-state index in [4.69, 9.17) is 10.5 Å². The van der Waals surface area contributed by atoms with E-state index >= 15 is 0 Å². The molecule has 0 bridgehead atoms. The summed E-state index contributed by atoms with van der Waals surface area (Å²) in [5.74, 6) is 0. The standard InChI is InChI=1S/C12H16N2O/c13-11-3-1-10(2-4-11)5-14-6-12(7-14)8-15-9-12/h1-4H,5-9,13H2. The lowest BCUT2D eigenvalue weighted by molar-refractivity contribution is -0.191. The zero-order valence-electron chi connectivity index (χ0n) is 8.78. The monoisotopic (exact) mass is 204 g/mol. The number of hydrogen-bond donors (Lipinski definition) is 1. The van der Waals surface area contributed by atoms with E-state index in [0.29, 0.717) is 5.41 Å². The second-order valence-corrected chi connectivity index (χ2v) is 4.88. The minimum absolute atomic E-state index is 0.522. The van der Waals surface area contributed by atoms with Crippen molar-refractivity contribution >= 4 is 5.69 Å². The van der Waals surface area contributed by atoms with Crippen LogP contribution in [0.1, 0.15) is 5.56 Å². The van der Waals surface area contributed by atoms with Crippen molar-refractivity contribution in [3.05, 3.63) is 29.8 Å². The van der Waals surface area contributed by atoms with Crippen LogP contribution >= 0.6 is 0 Å². The summed E-state index contributed by atoms with van der Waals surface area (Å²) in [4.78, 5) is 2.47. The Bertz CT molecular complexity index is 348. The van der Waals surface area contributed by atoms with Gasteiger partial charge in [0, 0.05) is 30.7 Å². The van der Waals surface area contributed by atoms with E-state index in [-0.39, 0.29) is 0 Å². The Kier molecular flexibility index (Phi) is 1.97. The van der Waals surface area contributed by atoms with Crippen molar-refractivity contribution in [3.63, 3.8) is 0 Å². The Morgan fingerprint density at radius 3 is 2.40 bits per heavy atom. The maximum Gasteiger partial charge on any atom is 0.0569 e. The molecule has 1 aromatic carbocycles. The number of nitrogens with zero attached hydrogens (tertiary/aromatic N) is 1. The van der Waals surface area contributed by atoms with Gasteiger partial charge in [-0.2, -0.15) is 0 Å². The van der Waals surface area contributed by atoms with Crippen LogP contribution in [0.2, 0.25) is 0 Å². The summed E-state index contributed by atoms with van der Waals surface area (Å²) < 4.78 is 5.25. The minimum atomic E-state index is 0.522. The van der Waals surface area contributed by atoms with E-state index in [2.05, 4.69) is 17.0 Å². The number of nitrogen functional groups attached to an aromatic ring is 1. The lowest BCUT2D eigenvalue weighted by Gasteiger charge is -2.55. The molecular weight excluding hydrogens is 188 g/mol. The van der Waals surface area contributed by atoms with Gasteiger partial charge in [0.1, 0.15) is 0 Å². The van der Waals surface area contributed by atoms with Crippen molar-refractivity contribution in [1.82, 2.24) is 4.90 Å². The molecule has 0 aliphatic carbocycles. The molecule has 3 heteroatoms. The first-order valence-electron chi connectivity index (χ1n) is 5.40. The van der Waals surface area contributed by atoms with Gasteiger partial charge in [-0.15, -0.1) is 0 Å². The second-order valence-electron chi connectivity index (χ2n) is 4.88. The van der Waals surface area contributed by atoms with Crippen LogP contribution in [0.25, 0.3) is 0 Å². The summed E-state index contributed by atoms with van der Waals surface area (Å²) in [6, 6.07) is 8.16. The molecule has 1 aromatic rings. The van der Waals surface area contributed by atoms with Gasteiger partial charge in [-0.1, -0.05) is 12.1 Å². The van der Waals surface area contributed by atoms with Crippen molar-refractivity contribution in [3.8, 4) is 0 Å². The van der Waals surface area contributed by atoms with E-state index in [9.17, 15) is 0 Å². The largest absolute Gasteiger partial charge is 0.399 e. The molecule has 0 atom stereocenters. The van der Waals surface area contributed by atoms with Gasteiger partial charge >= 0.3 is 0 Å². The fourth-order valence-corrected chi connectivity index (χ4v) is 2.47. The van der Waals surface area contributed by atoms with Gasteiger partial charge in [0.25, 0.3) is 0 Å². The van der Waals surface area contributed by atoms with Gasteiger partial charge in [0.05, 0.1) is 13.2 Å². The fourth-order valence-electron chi connectivity index (χ4n) is 2.47. The highest BCUT2D eigenvalue weighted by Gasteiger charge is 2.48. The molecule has 80 valence electrons. The molecule has 0 unspecified atom stereocenters. The number of likely N-dealkylation sites (tertiary alicyclic amines) is 1. The van der Waals surface area contributed by atoms with Crippen molar-refractivity contribution in [2.45, 2.75) is 6.54 Å². The Balaban J connectivity index is 1.56. The molecule has 0 amide bonds. The molecule has 15 heavy (non-hydrogen) atoms. The number of benzene rings is 1. The topological polar surface area (TPSA) is 38.5 Å². The molecular formula is C12H16N2O. The lowest BCUT2D eigenvalue weighted by Crippen LogP contribution is -2.65. The van der Waals surface area contributed by atoms with Crippen molar-refractivity contribution in [2.24, 2.45) is 5.41 Å². The van der Waals surface area contributed by atoms with Crippen molar-refractivity contribution in [1.29, 1.82) is 0 Å². The molecule has 1 spiro atoms. The van der Waals surface area contributed by atoms with E-state index in [0.717, 1.165) is 25.4 Å². The average molecular weight is 204 g/mol. The normalized spacial score (nSPS) is 23.5. The Hall–Kier alpha value is -1.06. The first-order valence-corrected chi connectivity index (χ1v) is 5.40. The van der Waals surface area contributed by atoms with Crippen molar-refractivity contribution in [2.75, 3.05) is 32.0 Å². The van der Waals surface area contributed by atoms with Gasteiger partial charge in [0.2, 0.25) is 0 Å². The number of anilines is 1. The van der Waals surface area contributed by atoms with Gasteiger partial charge < -0.3 is 10.5 Å². The summed E-state index contributed by atoms with van der Waals surface area (Å²) in [5.41, 5.74) is 8.35. The van der Waals surface area contributed by atoms with Crippen LogP contribution in [0.3, 0.4) is 0 Å². The average Bonchev–Trinajstić information content (AvgIpc) is 2.10. The summed E-state index contributed by atoms with van der Waals surface area (Å²) in [6.45, 7) is 5.35. The van der Waals surface area contributed by atoms with Crippen LogP contribution in [0, 0.1) is 5.41 Å². The molecule has 2 N–H and O–H groups in total. The van der Waals surface area contributed by atoms with E-state index < -0.39 is 0 Å². The minimum Gasteiger partial charge on any atom is -0.399 e. The SMILES string of the molecule is Nc1ccc(CN2CC3(COC3)C2)cc1. The third-order valence-corrected chi connectivity index (χ3v) is 3.32. The van der Waals surface area contributed by atoms with Gasteiger partial charge in [-0.25, -0.2) is 0 Å². The van der Waals surface area contributed by atoms with E-state index in [1.807, 2.05) is 12.1 Å². The summed E-state index contributed by atoms with van der Waals surface area (Å²) in [6.07, 6.45) is 0. The molecule has 2 aliphatic rings. The van der Waals surface area contributed by atoms with Crippen LogP contribution < -0.4 is 5.73 Å². The molecule has 2 fully saturated rings. The van der Waals surface area contributed by atoms with Crippen LogP contribution in [0.15, 0.2) is 24.3 Å². The molecule has 0 radical (unpaired) electrons. The first kappa shape index (κ1) is 9.19. The highest BCUT2D eigenvalue weighted by atomic mass is 16.5. The Morgan fingerprint density at radius 1 is 1.20 bits per heavy atom. The third kappa shape index (κ3) is 1.62. The first-order chi connectivity index (χ1) is 7.26. The second kappa shape index (κ2) is 3.22. The number of hydrogen-bond acceptors (Lipinski definition) is 3. The van der Waals surface area contributed by atoms with Crippen LogP contribution in [0.4, 0.5) is 5.69 Å². The zero-order chi connectivity index (χ0) is 10.3. The third-order valence-electron chi connectivity index (χ3n) is 3.32. The molecule has 2 saturated heterocycles. The smallest absolute Gasteiger partial charge is 0.0569 e. The van der Waals surface area contributed by atoms with Gasteiger partial charge in [-0.05, 0) is 17.7 Å². The molecule has 2 heterocycles. The lowest BCUT2D eigenvalue weighted by atomic mass is 9.78. The van der Waals surface area contributed by atoms with Gasteiger partial charge in [-0.3, -0.25) is 4.90 Å². The van der Waals surface area contributed by atoms with Crippen molar-refractivity contribution < 1.29 is 4.74 Å². The quantitative estimate of drug-likeness (QED) is 0.733. The van der Waals surface area contributed by atoms with Gasteiger partial charge in [0.15, 0.2) is 0 Å². The van der Waals surface area contributed by atoms with Crippen LogP contribution in [0.5, 0.6) is 0 Å². The highest BCUT2D eigenvalue weighted by molar-refractivity contribution is 5.39. The zero-order valence-corrected chi connectivity index (χ0v) is 8.78. The number of rotatable bonds is 2. The maximum absolute atomic E-state index is 5.65. The molecule has 0 aromatic heterocycles. The molecule has 3 nitrogen and oxygen atoms in total. The fraction of sp³-hybridized carbons (Fsp3) is 0.500. The number of ether oxygens (including phenoxy) is 1. The van der Waals surface area contributed by atoms with E-state index in [1.165, 1.54) is 18.7 Å². The summed E-state index contributed by atoms with van der Waals surface area (Å²) in [5, 5.41) is 0. The number of nitrogens with two attached hydrogens (primary N) is 1. The predicted octanol–water partition coefficient (Wildman–Crippen LogP) is 1.10. The molecule has 0 saturated carbocycles. The summed E-state index contributed by atoms with van der Waals surface area (Å²) >= 11 is 0. The Labute approximate surface area is 89.8 Å². The Morgan fingerprint density at radius 2 is 1.87 bits per heavy atom. The van der Waals surface area contributed by atoms with Crippen LogP contribution in [-0.2, 0) is 11.3 Å². The molecule has 3 rings (SSSR count). The molecule has 2 aliphatic heterocycles. The van der Waals surface area contributed by atoms with Crippen LogP contribution in [-0.4, -0.2) is 31.2 Å². The highest BCUT2D eigenvalue weighted by Crippen LogP contribution is 2.38. The maximum atomic E-state index is 5.65. The van der Waals surface area contributed by atoms with E-state index in [1.54, 1.807) is 0 Å². The summed E-state index contributed by atoms with van der Waals surface area (Å²) in [7, 11) is 0. The predicted molar refractivity (Wildman–Crippen MR) is 59.4 cm³/mol.